The average Bonchev–Trinajstić information content (AvgIpc) is 2.78. The number of carbonyl (C=O) groups excluding carboxylic acids is 2. The second-order valence-electron chi connectivity index (χ2n) is 8.35. The first kappa shape index (κ1) is 22.7. The van der Waals surface area contributed by atoms with Crippen molar-refractivity contribution in [2.24, 2.45) is 0 Å². The first-order chi connectivity index (χ1) is 15.6. The molecule has 0 aromatic heterocycles. The predicted octanol–water partition coefficient (Wildman–Crippen LogP) is 4.28. The number of hydrogen-bond donors (Lipinski definition) is 2. The summed E-state index contributed by atoms with van der Waals surface area (Å²) in [4.78, 5) is 27.0. The van der Waals surface area contributed by atoms with Gasteiger partial charge in [-0.25, -0.2) is 12.7 Å². The summed E-state index contributed by atoms with van der Waals surface area (Å²) in [6.07, 6.45) is 0. The maximum atomic E-state index is 13.5. The summed E-state index contributed by atoms with van der Waals surface area (Å²) >= 11 is 0. The number of carbonyl (C=O) groups is 2. The summed E-state index contributed by atoms with van der Waals surface area (Å²) in [6, 6.07) is 16.7. The summed E-state index contributed by atoms with van der Waals surface area (Å²) in [7, 11) is -0.694. The second kappa shape index (κ2) is 8.46. The summed E-state index contributed by atoms with van der Waals surface area (Å²) in [5.74, 6) is -0.483. The number of ketones is 2. The molecule has 0 saturated heterocycles. The second-order valence-corrected chi connectivity index (χ2v) is 10.5. The van der Waals surface area contributed by atoms with E-state index >= 15 is 0 Å². The van der Waals surface area contributed by atoms with Crippen LogP contribution in [0.15, 0.2) is 65.6 Å². The molecule has 0 spiro atoms. The molecule has 0 aliphatic heterocycles. The summed E-state index contributed by atoms with van der Waals surface area (Å²) < 4.78 is 26.2. The van der Waals surface area contributed by atoms with Crippen LogP contribution < -0.4 is 10.6 Å². The molecule has 33 heavy (non-hydrogen) atoms. The van der Waals surface area contributed by atoms with E-state index in [1.807, 2.05) is 13.8 Å². The van der Waals surface area contributed by atoms with E-state index in [0.29, 0.717) is 33.8 Å². The molecular weight excluding hydrogens is 438 g/mol. The van der Waals surface area contributed by atoms with E-state index in [1.165, 1.54) is 26.2 Å². The van der Waals surface area contributed by atoms with Crippen molar-refractivity contribution < 1.29 is 18.0 Å². The number of sulfonamides is 1. The van der Waals surface area contributed by atoms with Crippen LogP contribution in [0.4, 0.5) is 17.1 Å². The number of rotatable bonds is 6. The van der Waals surface area contributed by atoms with Gasteiger partial charge in [0.2, 0.25) is 10.0 Å². The number of benzene rings is 3. The fraction of sp³-hybridized carbons (Fsp3) is 0.200. The van der Waals surface area contributed by atoms with E-state index in [-0.39, 0.29) is 28.1 Å². The molecule has 0 radical (unpaired) electrons. The molecular formula is C25H25N3O4S. The third kappa shape index (κ3) is 4.03. The number of nitrogens with one attached hydrogen (secondary N) is 2. The minimum atomic E-state index is -3.63. The van der Waals surface area contributed by atoms with Crippen molar-refractivity contribution in [3.8, 4) is 0 Å². The Morgan fingerprint density at radius 2 is 1.36 bits per heavy atom. The molecule has 0 heterocycles. The molecule has 4 rings (SSSR count). The first-order valence-electron chi connectivity index (χ1n) is 10.5. The molecule has 8 heteroatoms. The van der Waals surface area contributed by atoms with Crippen molar-refractivity contribution in [1.29, 1.82) is 0 Å². The van der Waals surface area contributed by atoms with E-state index in [4.69, 9.17) is 0 Å². The molecule has 1 aliphatic carbocycles. The molecule has 7 nitrogen and oxygen atoms in total. The molecule has 0 bridgehead atoms. The Labute approximate surface area is 193 Å². The Kier molecular flexibility index (Phi) is 5.82. The van der Waals surface area contributed by atoms with Gasteiger partial charge in [0.25, 0.3) is 0 Å². The van der Waals surface area contributed by atoms with E-state index in [1.54, 1.807) is 48.5 Å². The van der Waals surface area contributed by atoms with Crippen LogP contribution in [0.5, 0.6) is 0 Å². The molecule has 170 valence electrons. The third-order valence-electron chi connectivity index (χ3n) is 5.41. The quantitative estimate of drug-likeness (QED) is 0.443. The van der Waals surface area contributed by atoms with Crippen molar-refractivity contribution in [3.63, 3.8) is 0 Å². The number of nitrogens with zero attached hydrogens (tertiary/aromatic N) is 1. The molecule has 0 amide bonds. The molecule has 2 N–H and O–H groups in total. The Bertz CT molecular complexity index is 1380. The van der Waals surface area contributed by atoms with Gasteiger partial charge < -0.3 is 10.6 Å². The van der Waals surface area contributed by atoms with Crippen LogP contribution in [-0.2, 0) is 10.0 Å². The van der Waals surface area contributed by atoms with Gasteiger partial charge >= 0.3 is 0 Å². The molecule has 1 aliphatic rings. The zero-order valence-corrected chi connectivity index (χ0v) is 19.7. The molecule has 0 atom stereocenters. The van der Waals surface area contributed by atoms with Gasteiger partial charge in [-0.15, -0.1) is 0 Å². The standard InChI is InChI=1S/C25H25N3O4S/c1-15(2)26-20-12-13-21(27-16-8-7-9-17(14-16)33(31,32)28(3)4)23-22(20)24(29)18-10-5-6-11-19(18)25(23)30/h5-15,26-27H,1-4H3. The lowest BCUT2D eigenvalue weighted by Crippen LogP contribution is -2.25. The normalized spacial score (nSPS) is 13.2. The van der Waals surface area contributed by atoms with Crippen LogP contribution in [0.3, 0.4) is 0 Å². The van der Waals surface area contributed by atoms with Crippen LogP contribution in [0.2, 0.25) is 0 Å². The summed E-state index contributed by atoms with van der Waals surface area (Å²) in [5.41, 5.74) is 2.82. The fourth-order valence-corrected chi connectivity index (χ4v) is 4.81. The lowest BCUT2D eigenvalue weighted by Gasteiger charge is -2.25. The summed E-state index contributed by atoms with van der Waals surface area (Å²) in [5, 5.41) is 6.42. The molecule has 0 fully saturated rings. The van der Waals surface area contributed by atoms with Crippen LogP contribution in [0.25, 0.3) is 0 Å². The maximum absolute atomic E-state index is 13.5. The van der Waals surface area contributed by atoms with Crippen molar-refractivity contribution in [1.82, 2.24) is 4.31 Å². The van der Waals surface area contributed by atoms with Gasteiger partial charge in [-0.1, -0.05) is 30.3 Å². The van der Waals surface area contributed by atoms with Crippen molar-refractivity contribution in [2.75, 3.05) is 24.7 Å². The van der Waals surface area contributed by atoms with Gasteiger partial charge in [0.15, 0.2) is 11.6 Å². The predicted molar refractivity (Wildman–Crippen MR) is 129 cm³/mol. The van der Waals surface area contributed by atoms with Crippen LogP contribution in [0, 0.1) is 0 Å². The Hall–Kier alpha value is -3.49. The Balaban J connectivity index is 1.85. The maximum Gasteiger partial charge on any atom is 0.242 e. The lowest BCUT2D eigenvalue weighted by molar-refractivity contribution is 0.0980. The largest absolute Gasteiger partial charge is 0.382 e. The zero-order chi connectivity index (χ0) is 23.9. The van der Waals surface area contributed by atoms with Gasteiger partial charge in [-0.2, -0.15) is 0 Å². The minimum absolute atomic E-state index is 0.0564. The van der Waals surface area contributed by atoms with Gasteiger partial charge in [0.05, 0.1) is 21.7 Å². The molecule has 3 aromatic carbocycles. The third-order valence-corrected chi connectivity index (χ3v) is 7.22. The van der Waals surface area contributed by atoms with Crippen LogP contribution in [0.1, 0.15) is 45.7 Å². The first-order valence-corrected chi connectivity index (χ1v) is 12.0. The highest BCUT2D eigenvalue weighted by Gasteiger charge is 2.34. The highest BCUT2D eigenvalue weighted by molar-refractivity contribution is 7.89. The number of hydrogen-bond acceptors (Lipinski definition) is 6. The van der Waals surface area contributed by atoms with E-state index in [2.05, 4.69) is 10.6 Å². The van der Waals surface area contributed by atoms with Crippen LogP contribution >= 0.6 is 0 Å². The SMILES string of the molecule is CC(C)Nc1ccc(Nc2cccc(S(=O)(=O)N(C)C)c2)c2c1C(=O)c1ccccc1C2=O. The Morgan fingerprint density at radius 3 is 1.94 bits per heavy atom. The smallest absolute Gasteiger partial charge is 0.242 e. The Morgan fingerprint density at radius 1 is 0.788 bits per heavy atom. The zero-order valence-electron chi connectivity index (χ0n) is 18.8. The average molecular weight is 464 g/mol. The fourth-order valence-electron chi connectivity index (χ4n) is 3.86. The van der Waals surface area contributed by atoms with Crippen LogP contribution in [-0.4, -0.2) is 44.4 Å². The van der Waals surface area contributed by atoms with Gasteiger partial charge in [-0.05, 0) is 44.2 Å². The van der Waals surface area contributed by atoms with Gasteiger partial charge in [-0.3, -0.25) is 9.59 Å². The van der Waals surface area contributed by atoms with E-state index < -0.39 is 10.0 Å². The highest BCUT2D eigenvalue weighted by Crippen LogP contribution is 2.38. The van der Waals surface area contributed by atoms with Crippen molar-refractivity contribution in [2.45, 2.75) is 24.8 Å². The lowest BCUT2D eigenvalue weighted by atomic mass is 9.82. The number of anilines is 3. The van der Waals surface area contributed by atoms with Gasteiger partial charge in [0, 0.05) is 42.6 Å². The summed E-state index contributed by atoms with van der Waals surface area (Å²) in [6.45, 7) is 3.91. The van der Waals surface area contributed by atoms with Gasteiger partial charge in [0.1, 0.15) is 0 Å². The molecule has 0 saturated carbocycles. The molecule has 0 unspecified atom stereocenters. The highest BCUT2D eigenvalue weighted by atomic mass is 32.2. The van der Waals surface area contributed by atoms with E-state index in [9.17, 15) is 18.0 Å². The van der Waals surface area contributed by atoms with Crippen molar-refractivity contribution >= 4 is 38.7 Å². The minimum Gasteiger partial charge on any atom is -0.382 e. The number of fused-ring (bicyclic) bond motifs is 2. The monoisotopic (exact) mass is 463 g/mol. The van der Waals surface area contributed by atoms with E-state index in [0.717, 1.165) is 4.31 Å². The molecule has 3 aromatic rings. The van der Waals surface area contributed by atoms with Crippen molar-refractivity contribution in [3.05, 3.63) is 82.9 Å². The topological polar surface area (TPSA) is 95.6 Å².